The second-order valence-corrected chi connectivity index (χ2v) is 8.38. The number of benzene rings is 1. The summed E-state index contributed by atoms with van der Waals surface area (Å²) < 4.78 is 61.5. The van der Waals surface area contributed by atoms with Gasteiger partial charge in [0.25, 0.3) is 0 Å². The van der Waals surface area contributed by atoms with E-state index in [1.54, 1.807) is 18.2 Å². The molecule has 2 aromatic heterocycles. The third-order valence-corrected chi connectivity index (χ3v) is 5.72. The van der Waals surface area contributed by atoms with Gasteiger partial charge in [0.05, 0.1) is 16.2 Å². The summed E-state index contributed by atoms with van der Waals surface area (Å²) in [5.41, 5.74) is 0.716. The minimum absolute atomic E-state index is 0.00837. The van der Waals surface area contributed by atoms with Crippen molar-refractivity contribution >= 4 is 10.0 Å². The van der Waals surface area contributed by atoms with Crippen molar-refractivity contribution in [3.63, 3.8) is 0 Å². The van der Waals surface area contributed by atoms with Gasteiger partial charge in [0.1, 0.15) is 5.82 Å². The fourth-order valence-corrected chi connectivity index (χ4v) is 3.72. The molecule has 1 aromatic carbocycles. The standard InChI is InChI=1S/C19H15F3N4O2S/c20-19(21,22)13-7-12(9-24-10-13)17-5-6-25-18(26-17)16-8-15(16)11-1-3-14(4-2-11)29(23,27)28/h1-7,9-10,15-16H,8H2,(H2,23,27,28). The zero-order valence-electron chi connectivity index (χ0n) is 14.8. The summed E-state index contributed by atoms with van der Waals surface area (Å²) in [4.78, 5) is 12.4. The molecular formula is C19H15F3N4O2S. The molecule has 2 unspecified atom stereocenters. The summed E-state index contributed by atoms with van der Waals surface area (Å²) in [6.45, 7) is 0. The van der Waals surface area contributed by atoms with Crippen molar-refractivity contribution in [1.82, 2.24) is 15.0 Å². The first-order chi connectivity index (χ1) is 13.6. The molecule has 0 aliphatic heterocycles. The van der Waals surface area contributed by atoms with Gasteiger partial charge in [-0.1, -0.05) is 12.1 Å². The molecule has 29 heavy (non-hydrogen) atoms. The van der Waals surface area contributed by atoms with Crippen LogP contribution >= 0.6 is 0 Å². The maximum atomic E-state index is 12.9. The molecule has 0 amide bonds. The van der Waals surface area contributed by atoms with Crippen LogP contribution in [0, 0.1) is 0 Å². The van der Waals surface area contributed by atoms with Gasteiger partial charge in [0, 0.05) is 30.1 Å². The topological polar surface area (TPSA) is 98.8 Å². The highest BCUT2D eigenvalue weighted by atomic mass is 32.2. The molecule has 4 rings (SSSR count). The lowest BCUT2D eigenvalue weighted by molar-refractivity contribution is -0.137. The van der Waals surface area contributed by atoms with Gasteiger partial charge < -0.3 is 0 Å². The molecule has 0 saturated heterocycles. The zero-order valence-corrected chi connectivity index (χ0v) is 15.7. The monoisotopic (exact) mass is 420 g/mol. The fourth-order valence-electron chi connectivity index (χ4n) is 3.20. The predicted molar refractivity (Wildman–Crippen MR) is 98.2 cm³/mol. The van der Waals surface area contributed by atoms with E-state index in [9.17, 15) is 21.6 Å². The molecule has 1 saturated carbocycles. The Balaban J connectivity index is 1.57. The van der Waals surface area contributed by atoms with Crippen LogP contribution in [0.1, 0.15) is 35.2 Å². The molecule has 0 radical (unpaired) electrons. The first-order valence-corrected chi connectivity index (χ1v) is 10.2. The van der Waals surface area contributed by atoms with E-state index in [0.717, 1.165) is 24.2 Å². The third-order valence-electron chi connectivity index (χ3n) is 4.79. The number of hydrogen-bond donors (Lipinski definition) is 1. The number of alkyl halides is 3. The van der Waals surface area contributed by atoms with Gasteiger partial charge in [-0.3, -0.25) is 4.98 Å². The third kappa shape index (κ3) is 4.13. The van der Waals surface area contributed by atoms with Crippen LogP contribution in [-0.2, 0) is 16.2 Å². The van der Waals surface area contributed by atoms with Crippen LogP contribution in [0.2, 0.25) is 0 Å². The lowest BCUT2D eigenvalue weighted by Crippen LogP contribution is -2.11. The fraction of sp³-hybridized carbons (Fsp3) is 0.211. The molecule has 0 spiro atoms. The maximum Gasteiger partial charge on any atom is 0.417 e. The Bertz CT molecular complexity index is 1160. The van der Waals surface area contributed by atoms with E-state index >= 15 is 0 Å². The van der Waals surface area contributed by atoms with E-state index in [1.165, 1.54) is 24.5 Å². The van der Waals surface area contributed by atoms with Gasteiger partial charge in [-0.05, 0) is 42.2 Å². The number of rotatable bonds is 4. The second kappa shape index (κ2) is 6.89. The Kier molecular flexibility index (Phi) is 4.62. The van der Waals surface area contributed by atoms with E-state index in [1.807, 2.05) is 0 Å². The molecule has 2 N–H and O–H groups in total. The maximum absolute atomic E-state index is 12.9. The molecule has 150 valence electrons. The summed E-state index contributed by atoms with van der Waals surface area (Å²) in [7, 11) is -3.75. The molecule has 1 aliphatic carbocycles. The zero-order chi connectivity index (χ0) is 20.8. The van der Waals surface area contributed by atoms with Gasteiger partial charge in [-0.25, -0.2) is 23.5 Å². The summed E-state index contributed by atoms with van der Waals surface area (Å²) >= 11 is 0. The molecule has 1 aliphatic rings. The van der Waals surface area contributed by atoms with E-state index in [2.05, 4.69) is 15.0 Å². The highest BCUT2D eigenvalue weighted by Crippen LogP contribution is 2.53. The van der Waals surface area contributed by atoms with Crippen LogP contribution in [-0.4, -0.2) is 23.4 Å². The Morgan fingerprint density at radius 2 is 1.76 bits per heavy atom. The summed E-state index contributed by atoms with van der Waals surface area (Å²) in [6, 6.07) is 8.85. The van der Waals surface area contributed by atoms with Crippen LogP contribution in [0.5, 0.6) is 0 Å². The van der Waals surface area contributed by atoms with E-state index < -0.39 is 21.8 Å². The van der Waals surface area contributed by atoms with Crippen molar-refractivity contribution < 1.29 is 21.6 Å². The highest BCUT2D eigenvalue weighted by molar-refractivity contribution is 7.89. The molecular weight excluding hydrogens is 405 g/mol. The summed E-state index contributed by atoms with van der Waals surface area (Å²) in [5.74, 6) is 0.647. The molecule has 2 atom stereocenters. The van der Waals surface area contributed by atoms with Crippen LogP contribution in [0.15, 0.2) is 59.9 Å². The molecule has 0 bridgehead atoms. The van der Waals surface area contributed by atoms with Crippen molar-refractivity contribution in [2.45, 2.75) is 29.3 Å². The van der Waals surface area contributed by atoms with E-state index in [4.69, 9.17) is 5.14 Å². The van der Waals surface area contributed by atoms with Crippen LogP contribution < -0.4 is 5.14 Å². The Labute approximate surface area is 164 Å². The molecule has 2 heterocycles. The SMILES string of the molecule is NS(=O)(=O)c1ccc(C2CC2c2nccc(-c3cncc(C(F)(F)F)c3)n2)cc1. The second-order valence-electron chi connectivity index (χ2n) is 6.82. The lowest BCUT2D eigenvalue weighted by Gasteiger charge is -2.08. The van der Waals surface area contributed by atoms with Gasteiger partial charge in [0.2, 0.25) is 10.0 Å². The number of halogens is 3. The molecule has 1 fully saturated rings. The first kappa shape index (κ1) is 19.5. The van der Waals surface area contributed by atoms with Crippen molar-refractivity contribution in [2.24, 2.45) is 5.14 Å². The number of nitrogens with zero attached hydrogens (tertiary/aromatic N) is 3. The number of hydrogen-bond acceptors (Lipinski definition) is 5. The minimum atomic E-state index is -4.48. The molecule has 10 heteroatoms. The normalized spacial score (nSPS) is 19.2. The first-order valence-electron chi connectivity index (χ1n) is 8.61. The highest BCUT2D eigenvalue weighted by Gasteiger charge is 2.42. The van der Waals surface area contributed by atoms with Gasteiger partial charge in [-0.15, -0.1) is 0 Å². The lowest BCUT2D eigenvalue weighted by atomic mass is 10.1. The number of primary sulfonamides is 1. The van der Waals surface area contributed by atoms with Gasteiger partial charge in [-0.2, -0.15) is 13.2 Å². The van der Waals surface area contributed by atoms with Crippen molar-refractivity contribution in [3.8, 4) is 11.3 Å². The Morgan fingerprint density at radius 1 is 1.03 bits per heavy atom. The number of pyridine rings is 1. The van der Waals surface area contributed by atoms with Crippen molar-refractivity contribution in [2.75, 3.05) is 0 Å². The largest absolute Gasteiger partial charge is 0.417 e. The number of aromatic nitrogens is 3. The number of nitrogens with two attached hydrogens (primary N) is 1. The average molecular weight is 420 g/mol. The smallest absolute Gasteiger partial charge is 0.263 e. The molecule has 3 aromatic rings. The predicted octanol–water partition coefficient (Wildman–Crippen LogP) is 3.48. The Morgan fingerprint density at radius 3 is 2.41 bits per heavy atom. The quantitative estimate of drug-likeness (QED) is 0.697. The molecule has 6 nitrogen and oxygen atoms in total. The summed E-state index contributed by atoms with van der Waals surface area (Å²) in [5, 5.41) is 5.10. The van der Waals surface area contributed by atoms with Crippen molar-refractivity contribution in [3.05, 3.63) is 71.9 Å². The Hall–Kier alpha value is -2.85. The van der Waals surface area contributed by atoms with Gasteiger partial charge in [0.15, 0.2) is 0 Å². The van der Waals surface area contributed by atoms with Crippen LogP contribution in [0.3, 0.4) is 0 Å². The van der Waals surface area contributed by atoms with Gasteiger partial charge >= 0.3 is 6.18 Å². The van der Waals surface area contributed by atoms with Crippen LogP contribution in [0.25, 0.3) is 11.3 Å². The van der Waals surface area contributed by atoms with Crippen molar-refractivity contribution in [1.29, 1.82) is 0 Å². The average Bonchev–Trinajstić information content (AvgIpc) is 3.48. The van der Waals surface area contributed by atoms with E-state index in [-0.39, 0.29) is 22.3 Å². The van der Waals surface area contributed by atoms with Crippen LogP contribution in [0.4, 0.5) is 13.2 Å². The summed E-state index contributed by atoms with van der Waals surface area (Å²) in [6.07, 6.45) is -0.106. The number of sulfonamides is 1. The minimum Gasteiger partial charge on any atom is -0.263 e. The van der Waals surface area contributed by atoms with E-state index in [0.29, 0.717) is 11.5 Å².